The van der Waals surface area contributed by atoms with Gasteiger partial charge in [0.15, 0.2) is 0 Å². The lowest BCUT2D eigenvalue weighted by atomic mass is 10.0. The van der Waals surface area contributed by atoms with Crippen molar-refractivity contribution < 1.29 is 9.18 Å². The van der Waals surface area contributed by atoms with Gasteiger partial charge in [0.2, 0.25) is 11.9 Å². The summed E-state index contributed by atoms with van der Waals surface area (Å²) < 4.78 is 13.9. The molecule has 0 aliphatic heterocycles. The Bertz CT molecular complexity index is 880. The zero-order valence-electron chi connectivity index (χ0n) is 14.7. The van der Waals surface area contributed by atoms with Crippen molar-refractivity contribution in [3.63, 3.8) is 0 Å². The standard InChI is InChI=1S/C22H21FN2O/c1-16(25-21(26)13-12-17-7-3-2-4-8-17)18-9-5-10-19(15-18)20-11-6-14-24-22(20)23/h2-11,14-16H,12-13H2,1H3,(H,25,26)/t16-/m0/s1. The quantitative estimate of drug-likeness (QED) is 0.656. The summed E-state index contributed by atoms with van der Waals surface area (Å²) >= 11 is 0. The molecule has 0 saturated carbocycles. The van der Waals surface area contributed by atoms with Gasteiger partial charge in [-0.2, -0.15) is 4.39 Å². The lowest BCUT2D eigenvalue weighted by Crippen LogP contribution is -2.26. The van der Waals surface area contributed by atoms with Gasteiger partial charge in [-0.15, -0.1) is 0 Å². The van der Waals surface area contributed by atoms with E-state index in [-0.39, 0.29) is 11.9 Å². The fourth-order valence-corrected chi connectivity index (χ4v) is 2.88. The van der Waals surface area contributed by atoms with Crippen LogP contribution in [-0.4, -0.2) is 10.9 Å². The third-order valence-corrected chi connectivity index (χ3v) is 4.32. The Morgan fingerprint density at radius 2 is 1.88 bits per heavy atom. The molecular weight excluding hydrogens is 327 g/mol. The molecule has 3 rings (SSSR count). The monoisotopic (exact) mass is 348 g/mol. The molecule has 0 aliphatic rings. The first-order valence-corrected chi connectivity index (χ1v) is 8.67. The predicted molar refractivity (Wildman–Crippen MR) is 101 cm³/mol. The number of pyridine rings is 1. The summed E-state index contributed by atoms with van der Waals surface area (Å²) in [6, 6.07) is 20.7. The molecule has 0 saturated heterocycles. The molecule has 1 heterocycles. The third kappa shape index (κ3) is 4.54. The van der Waals surface area contributed by atoms with Crippen LogP contribution in [0.5, 0.6) is 0 Å². The van der Waals surface area contributed by atoms with Gasteiger partial charge in [0.05, 0.1) is 6.04 Å². The fraction of sp³-hybridized carbons (Fsp3) is 0.182. The van der Waals surface area contributed by atoms with Crippen molar-refractivity contribution in [1.82, 2.24) is 10.3 Å². The SMILES string of the molecule is C[C@H](NC(=O)CCc1ccccc1)c1cccc(-c2cccnc2F)c1. The van der Waals surface area contributed by atoms with Crippen molar-refractivity contribution in [1.29, 1.82) is 0 Å². The minimum atomic E-state index is -0.496. The maximum Gasteiger partial charge on any atom is 0.220 e. The lowest BCUT2D eigenvalue weighted by Gasteiger charge is -2.15. The number of nitrogens with one attached hydrogen (secondary N) is 1. The molecule has 2 aromatic carbocycles. The van der Waals surface area contributed by atoms with Crippen molar-refractivity contribution in [3.8, 4) is 11.1 Å². The van der Waals surface area contributed by atoms with E-state index in [2.05, 4.69) is 10.3 Å². The number of nitrogens with zero attached hydrogens (tertiary/aromatic N) is 1. The zero-order valence-corrected chi connectivity index (χ0v) is 14.7. The van der Waals surface area contributed by atoms with Gasteiger partial charge in [0.1, 0.15) is 0 Å². The molecule has 0 fully saturated rings. The Labute approximate surface area is 152 Å². The van der Waals surface area contributed by atoms with Crippen LogP contribution in [0.25, 0.3) is 11.1 Å². The Balaban J connectivity index is 1.64. The van der Waals surface area contributed by atoms with Gasteiger partial charge in [-0.3, -0.25) is 4.79 Å². The summed E-state index contributed by atoms with van der Waals surface area (Å²) in [7, 11) is 0. The third-order valence-electron chi connectivity index (χ3n) is 4.32. The molecule has 1 amide bonds. The summed E-state index contributed by atoms with van der Waals surface area (Å²) in [4.78, 5) is 15.9. The van der Waals surface area contributed by atoms with E-state index in [1.54, 1.807) is 12.1 Å². The first-order chi connectivity index (χ1) is 12.6. The highest BCUT2D eigenvalue weighted by Gasteiger charge is 2.12. The number of halogens is 1. The van der Waals surface area contributed by atoms with Crippen LogP contribution in [0, 0.1) is 5.95 Å². The number of benzene rings is 2. The van der Waals surface area contributed by atoms with Gasteiger partial charge in [0.25, 0.3) is 0 Å². The topological polar surface area (TPSA) is 42.0 Å². The average molecular weight is 348 g/mol. The Morgan fingerprint density at radius 1 is 1.08 bits per heavy atom. The van der Waals surface area contributed by atoms with Crippen LogP contribution >= 0.6 is 0 Å². The second-order valence-electron chi connectivity index (χ2n) is 6.24. The van der Waals surface area contributed by atoms with Gasteiger partial charge in [-0.1, -0.05) is 48.5 Å². The minimum absolute atomic E-state index is 0.000635. The molecule has 0 spiro atoms. The number of hydrogen-bond acceptors (Lipinski definition) is 2. The fourth-order valence-electron chi connectivity index (χ4n) is 2.88. The smallest absolute Gasteiger partial charge is 0.220 e. The largest absolute Gasteiger partial charge is 0.350 e. The van der Waals surface area contributed by atoms with Gasteiger partial charge in [-0.05, 0) is 48.2 Å². The number of aromatic nitrogens is 1. The van der Waals surface area contributed by atoms with E-state index in [0.29, 0.717) is 18.4 Å². The molecule has 3 nitrogen and oxygen atoms in total. The summed E-state index contributed by atoms with van der Waals surface area (Å²) in [5, 5.41) is 3.01. The molecule has 0 unspecified atom stereocenters. The molecule has 1 atom stereocenters. The minimum Gasteiger partial charge on any atom is -0.350 e. The summed E-state index contributed by atoms with van der Waals surface area (Å²) in [6.45, 7) is 1.93. The maximum absolute atomic E-state index is 13.9. The Kier molecular flexibility index (Phi) is 5.74. The second kappa shape index (κ2) is 8.39. The molecule has 1 aromatic heterocycles. The second-order valence-corrected chi connectivity index (χ2v) is 6.24. The molecular formula is C22H21FN2O. The summed E-state index contributed by atoms with van der Waals surface area (Å²) in [5.41, 5.74) is 3.28. The van der Waals surface area contributed by atoms with Crippen LogP contribution in [0.15, 0.2) is 72.9 Å². The van der Waals surface area contributed by atoms with Gasteiger partial charge in [-0.25, -0.2) is 4.98 Å². The lowest BCUT2D eigenvalue weighted by molar-refractivity contribution is -0.121. The van der Waals surface area contributed by atoms with Crippen molar-refractivity contribution in [2.45, 2.75) is 25.8 Å². The van der Waals surface area contributed by atoms with Gasteiger partial charge >= 0.3 is 0 Å². The molecule has 0 aliphatic carbocycles. The first kappa shape index (κ1) is 17.8. The van der Waals surface area contributed by atoms with Crippen LogP contribution < -0.4 is 5.32 Å². The summed E-state index contributed by atoms with van der Waals surface area (Å²) in [5.74, 6) is -0.497. The molecule has 26 heavy (non-hydrogen) atoms. The van der Waals surface area contributed by atoms with Crippen LogP contribution in [0.2, 0.25) is 0 Å². The van der Waals surface area contributed by atoms with E-state index in [9.17, 15) is 9.18 Å². The maximum atomic E-state index is 13.9. The number of rotatable bonds is 6. The van der Waals surface area contributed by atoms with Crippen molar-refractivity contribution in [2.24, 2.45) is 0 Å². The summed E-state index contributed by atoms with van der Waals surface area (Å²) in [6.07, 6.45) is 2.57. The average Bonchev–Trinajstić information content (AvgIpc) is 2.67. The van der Waals surface area contributed by atoms with E-state index >= 15 is 0 Å². The van der Waals surface area contributed by atoms with Crippen LogP contribution in [0.3, 0.4) is 0 Å². The van der Waals surface area contributed by atoms with Crippen molar-refractivity contribution in [2.75, 3.05) is 0 Å². The van der Waals surface area contributed by atoms with Crippen molar-refractivity contribution >= 4 is 5.91 Å². The molecule has 1 N–H and O–H groups in total. The van der Waals surface area contributed by atoms with E-state index < -0.39 is 5.95 Å². The highest BCUT2D eigenvalue weighted by molar-refractivity contribution is 5.76. The molecule has 0 bridgehead atoms. The number of carbonyl (C=O) groups is 1. The van der Waals surface area contributed by atoms with Crippen LogP contribution in [0.4, 0.5) is 4.39 Å². The predicted octanol–water partition coefficient (Wildman–Crippen LogP) is 4.70. The molecule has 0 radical (unpaired) electrons. The number of hydrogen-bond donors (Lipinski definition) is 1. The number of aryl methyl sites for hydroxylation is 1. The van der Waals surface area contributed by atoms with Gasteiger partial charge < -0.3 is 5.32 Å². The number of amides is 1. The Hall–Kier alpha value is -3.01. The molecule has 132 valence electrons. The normalized spacial score (nSPS) is 11.8. The van der Waals surface area contributed by atoms with Crippen LogP contribution in [0.1, 0.15) is 30.5 Å². The first-order valence-electron chi connectivity index (χ1n) is 8.67. The van der Waals surface area contributed by atoms with E-state index in [0.717, 1.165) is 16.7 Å². The van der Waals surface area contributed by atoms with Crippen LogP contribution in [-0.2, 0) is 11.2 Å². The number of carbonyl (C=O) groups excluding carboxylic acids is 1. The highest BCUT2D eigenvalue weighted by Crippen LogP contribution is 2.24. The van der Waals surface area contributed by atoms with E-state index in [4.69, 9.17) is 0 Å². The van der Waals surface area contributed by atoms with E-state index in [1.807, 2.05) is 61.5 Å². The van der Waals surface area contributed by atoms with E-state index in [1.165, 1.54) is 6.20 Å². The van der Waals surface area contributed by atoms with Crippen molar-refractivity contribution in [3.05, 3.63) is 90.0 Å². The molecule has 4 heteroatoms. The zero-order chi connectivity index (χ0) is 18.4. The highest BCUT2D eigenvalue weighted by atomic mass is 19.1. The Morgan fingerprint density at radius 3 is 2.65 bits per heavy atom. The molecule has 3 aromatic rings. The van der Waals surface area contributed by atoms with Gasteiger partial charge in [0, 0.05) is 18.2 Å².